The standard InChI is InChI=1S/C6H10NO2.3CH3.Ce.Zn/c8-6(9)7-4-2-1-3-5-7;;;;;/h1H,2-5H2,(H,8,9);3*1H3;;/q4*-1;+3;. The van der Waals surface area contributed by atoms with Crippen LogP contribution < -0.4 is 0 Å². The Kier molecular flexibility index (Phi) is 35.1. The van der Waals surface area contributed by atoms with Crippen LogP contribution in [0.15, 0.2) is 0 Å². The van der Waals surface area contributed by atoms with E-state index in [0.717, 1.165) is 12.8 Å². The van der Waals surface area contributed by atoms with Crippen LogP contribution in [0.25, 0.3) is 0 Å². The Morgan fingerprint density at radius 3 is 1.71 bits per heavy atom. The molecule has 79 valence electrons. The second kappa shape index (κ2) is 16.7. The first-order chi connectivity index (χ1) is 4.30. The van der Waals surface area contributed by atoms with Gasteiger partial charge in [-0.25, -0.2) is 4.79 Å². The molecule has 1 heterocycles. The van der Waals surface area contributed by atoms with Gasteiger partial charge >= 0.3 is 47.8 Å². The Balaban J connectivity index is -0.0000000540. The molecular weight excluding hydrogens is 360 g/mol. The van der Waals surface area contributed by atoms with Crippen LogP contribution in [0.5, 0.6) is 0 Å². The molecule has 0 aromatic rings. The number of carbonyl (C=O) groups is 1. The predicted molar refractivity (Wildman–Crippen MR) is 52.4 cm³/mol. The Morgan fingerprint density at radius 1 is 1.14 bits per heavy atom. The Bertz CT molecular complexity index is 119. The molecule has 1 amide bonds. The van der Waals surface area contributed by atoms with Crippen LogP contribution in [-0.2, 0) is 19.5 Å². The summed E-state index contributed by atoms with van der Waals surface area (Å²) in [6, 6.07) is 0. The maximum absolute atomic E-state index is 10.3. The summed E-state index contributed by atoms with van der Waals surface area (Å²) in [5.74, 6) is 0. The summed E-state index contributed by atoms with van der Waals surface area (Å²) in [5, 5.41) is 8.45. The second-order valence-electron chi connectivity index (χ2n) is 2.14. The van der Waals surface area contributed by atoms with E-state index in [0.29, 0.717) is 13.1 Å². The minimum absolute atomic E-state index is 0. The van der Waals surface area contributed by atoms with E-state index in [9.17, 15) is 4.79 Å². The van der Waals surface area contributed by atoms with Crippen molar-refractivity contribution in [2.75, 3.05) is 13.1 Å². The molecule has 0 aromatic heterocycles. The van der Waals surface area contributed by atoms with Gasteiger partial charge < -0.3 is 38.7 Å². The van der Waals surface area contributed by atoms with Crippen molar-refractivity contribution in [3.63, 3.8) is 0 Å². The Labute approximate surface area is 135 Å². The minimum atomic E-state index is -0.789. The number of piperidine rings is 1. The van der Waals surface area contributed by atoms with E-state index >= 15 is 0 Å². The van der Waals surface area contributed by atoms with E-state index in [1.165, 1.54) is 4.90 Å². The zero-order valence-electron chi connectivity index (χ0n) is 9.42. The van der Waals surface area contributed by atoms with Crippen molar-refractivity contribution in [1.82, 2.24) is 4.90 Å². The summed E-state index contributed by atoms with van der Waals surface area (Å²) in [7, 11) is 0. The number of carboxylic acid groups (broad SMARTS) is 1. The Hall–Kier alpha value is 1.27. The third-order valence-electron chi connectivity index (χ3n) is 1.48. The van der Waals surface area contributed by atoms with Gasteiger partial charge in [0.25, 0.3) is 0 Å². The summed E-state index contributed by atoms with van der Waals surface area (Å²) >= 11 is 0. The van der Waals surface area contributed by atoms with Crippen LogP contribution in [0, 0.1) is 70.4 Å². The van der Waals surface area contributed by atoms with Gasteiger partial charge in [-0.3, -0.25) is 0 Å². The maximum atomic E-state index is 10.3. The zero-order chi connectivity index (χ0) is 6.69. The molecular formula is C9H19CeNO2Zn-. The van der Waals surface area contributed by atoms with Crippen molar-refractivity contribution in [3.8, 4) is 0 Å². The smallest absolute Gasteiger partial charge is 0.465 e. The number of nitrogens with zero attached hydrogens (tertiary/aromatic N) is 1. The van der Waals surface area contributed by atoms with Gasteiger partial charge in [0.15, 0.2) is 0 Å². The zero-order valence-corrected chi connectivity index (χ0v) is 15.5. The molecule has 1 rings (SSSR count). The summed E-state index contributed by atoms with van der Waals surface area (Å²) < 4.78 is 0. The van der Waals surface area contributed by atoms with Gasteiger partial charge in [0.1, 0.15) is 0 Å². The normalized spacial score (nSPS) is 12.7. The van der Waals surface area contributed by atoms with Gasteiger partial charge in [-0.2, -0.15) is 12.8 Å². The summed E-state index contributed by atoms with van der Waals surface area (Å²) in [6.45, 7) is 1.35. The largest absolute Gasteiger partial charge is 3.00 e. The van der Waals surface area contributed by atoms with Crippen LogP contribution in [-0.4, -0.2) is 29.2 Å². The molecule has 14 heavy (non-hydrogen) atoms. The van der Waals surface area contributed by atoms with Crippen LogP contribution in [0.3, 0.4) is 0 Å². The molecule has 0 aromatic carbocycles. The first-order valence-electron chi connectivity index (χ1n) is 3.10. The molecule has 3 nitrogen and oxygen atoms in total. The molecule has 0 unspecified atom stereocenters. The number of hydrogen-bond donors (Lipinski definition) is 1. The third-order valence-corrected chi connectivity index (χ3v) is 1.48. The number of rotatable bonds is 0. The van der Waals surface area contributed by atoms with E-state index in [2.05, 4.69) is 6.42 Å². The van der Waals surface area contributed by atoms with Crippen LogP contribution >= 0.6 is 0 Å². The minimum Gasteiger partial charge on any atom is -0.465 e. The molecule has 1 aliphatic heterocycles. The molecule has 5 heteroatoms. The van der Waals surface area contributed by atoms with Gasteiger partial charge in [0.05, 0.1) is 0 Å². The average Bonchev–Trinajstić information content (AvgIpc) is 1.90. The third kappa shape index (κ3) is 11.3. The predicted octanol–water partition coefficient (Wildman–Crippen LogP) is 2.31. The van der Waals surface area contributed by atoms with E-state index in [4.69, 9.17) is 5.11 Å². The maximum Gasteiger partial charge on any atom is 3.00 e. The average molecular weight is 379 g/mol. The Morgan fingerprint density at radius 2 is 1.50 bits per heavy atom. The van der Waals surface area contributed by atoms with Crippen molar-refractivity contribution >= 4 is 6.09 Å². The van der Waals surface area contributed by atoms with Crippen molar-refractivity contribution in [2.45, 2.75) is 12.8 Å². The topological polar surface area (TPSA) is 40.5 Å². The monoisotopic (exact) mass is 377 g/mol. The molecule has 1 saturated heterocycles. The van der Waals surface area contributed by atoms with E-state index in [1.807, 2.05) is 0 Å². The van der Waals surface area contributed by atoms with E-state index in [1.54, 1.807) is 0 Å². The molecule has 1 fully saturated rings. The van der Waals surface area contributed by atoms with Crippen molar-refractivity contribution < 1.29 is 71.1 Å². The number of hydrogen-bond acceptors (Lipinski definition) is 1. The molecule has 0 atom stereocenters. The molecule has 0 aliphatic carbocycles. The SMILES string of the molecule is O=C(O)N1CC[CH-]CC1.[CH3-].[CH3-].[CH3-].[Ce+3].[Zn]. The molecule has 1 N–H and O–H groups in total. The summed E-state index contributed by atoms with van der Waals surface area (Å²) in [4.78, 5) is 11.7. The van der Waals surface area contributed by atoms with Crippen molar-refractivity contribution in [2.24, 2.45) is 0 Å². The first kappa shape index (κ1) is 29.5. The van der Waals surface area contributed by atoms with Crippen LogP contribution in [0.2, 0.25) is 0 Å². The molecule has 0 saturated carbocycles. The molecule has 0 bridgehead atoms. The van der Waals surface area contributed by atoms with Gasteiger partial charge in [0.2, 0.25) is 0 Å². The first-order valence-corrected chi connectivity index (χ1v) is 3.10. The fourth-order valence-electron chi connectivity index (χ4n) is 0.942. The van der Waals surface area contributed by atoms with Crippen molar-refractivity contribution in [1.29, 1.82) is 0 Å². The summed E-state index contributed by atoms with van der Waals surface area (Å²) in [6.07, 6.45) is 3.15. The molecule has 1 radical (unpaired) electrons. The van der Waals surface area contributed by atoms with Crippen LogP contribution in [0.4, 0.5) is 4.79 Å². The van der Waals surface area contributed by atoms with Gasteiger partial charge in [-0.15, -0.1) is 0 Å². The van der Waals surface area contributed by atoms with Gasteiger partial charge in [-0.05, 0) is 13.1 Å². The van der Waals surface area contributed by atoms with Crippen LogP contribution in [0.1, 0.15) is 12.8 Å². The quantitative estimate of drug-likeness (QED) is 0.519. The van der Waals surface area contributed by atoms with Gasteiger partial charge in [-0.1, -0.05) is 0 Å². The summed E-state index contributed by atoms with van der Waals surface area (Å²) in [5.41, 5.74) is 0. The van der Waals surface area contributed by atoms with Gasteiger partial charge in [0, 0.05) is 19.5 Å². The second-order valence-corrected chi connectivity index (χ2v) is 2.14. The fourth-order valence-corrected chi connectivity index (χ4v) is 0.942. The number of amides is 1. The molecule has 0 spiro atoms. The van der Waals surface area contributed by atoms with E-state index in [-0.39, 0.29) is 83.5 Å². The fraction of sp³-hybridized carbons (Fsp3) is 0.444. The van der Waals surface area contributed by atoms with Crippen molar-refractivity contribution in [3.05, 3.63) is 28.7 Å². The van der Waals surface area contributed by atoms with E-state index < -0.39 is 6.09 Å². The molecule has 1 aliphatic rings. The number of likely N-dealkylation sites (tertiary alicyclic amines) is 1.